The fourth-order valence-corrected chi connectivity index (χ4v) is 4.15. The monoisotopic (exact) mass is 358 g/mol. The molecule has 2 aromatic rings. The number of amides is 1. The molecule has 0 aromatic carbocycles. The Morgan fingerprint density at radius 2 is 2.20 bits per heavy atom. The second-order valence-corrected chi connectivity index (χ2v) is 7.89. The third kappa shape index (κ3) is 3.82. The molecule has 0 aliphatic carbocycles. The number of nitrogens with one attached hydrogen (secondary N) is 1. The first-order valence-corrected chi connectivity index (χ1v) is 9.55. The van der Waals surface area contributed by atoms with E-state index in [1.54, 1.807) is 29.8 Å². The van der Waals surface area contributed by atoms with Crippen molar-refractivity contribution in [1.82, 2.24) is 14.9 Å². The highest BCUT2D eigenvalue weighted by Crippen LogP contribution is 2.36. The summed E-state index contributed by atoms with van der Waals surface area (Å²) in [7, 11) is 0. The van der Waals surface area contributed by atoms with Gasteiger partial charge < -0.3 is 15.0 Å². The normalized spacial score (nSPS) is 21.8. The lowest BCUT2D eigenvalue weighted by Gasteiger charge is -2.52. The first-order chi connectivity index (χ1) is 12.2. The van der Waals surface area contributed by atoms with Crippen LogP contribution in [-0.2, 0) is 16.0 Å². The van der Waals surface area contributed by atoms with E-state index in [9.17, 15) is 4.79 Å². The largest absolute Gasteiger partial charge is 0.371 e. The molecule has 1 amide bonds. The van der Waals surface area contributed by atoms with E-state index in [1.807, 2.05) is 22.4 Å². The molecule has 0 radical (unpaired) electrons. The fourth-order valence-electron chi connectivity index (χ4n) is 3.45. The minimum atomic E-state index is -0.106. The minimum Gasteiger partial charge on any atom is -0.371 e. The van der Waals surface area contributed by atoms with Crippen molar-refractivity contribution >= 4 is 23.2 Å². The van der Waals surface area contributed by atoms with Crippen LogP contribution in [0.1, 0.15) is 17.7 Å². The maximum atomic E-state index is 12.3. The van der Waals surface area contributed by atoms with Gasteiger partial charge in [-0.25, -0.2) is 9.97 Å². The van der Waals surface area contributed by atoms with Crippen LogP contribution in [0, 0.1) is 5.92 Å². The van der Waals surface area contributed by atoms with Crippen molar-refractivity contribution in [2.24, 2.45) is 5.92 Å². The topological polar surface area (TPSA) is 67.4 Å². The molecule has 4 heterocycles. The Bertz CT molecular complexity index is 691. The Balaban J connectivity index is 1.20. The van der Waals surface area contributed by atoms with E-state index in [2.05, 4.69) is 15.3 Å². The van der Waals surface area contributed by atoms with Crippen molar-refractivity contribution in [2.45, 2.75) is 24.9 Å². The van der Waals surface area contributed by atoms with Crippen LogP contribution < -0.4 is 5.32 Å². The predicted molar refractivity (Wildman–Crippen MR) is 96.5 cm³/mol. The standard InChI is InChI=1S/C18H22N4O2S/c23-16(9-15-3-1-8-25-15)22-12-18(13-22)5-4-14(11-24-18)10-21-17-19-6-2-7-20-17/h1-3,6-8,14H,4-5,9-13H2,(H,19,20,21)/t14-/m1/s1. The third-order valence-corrected chi connectivity index (χ3v) is 5.84. The molecule has 132 valence electrons. The van der Waals surface area contributed by atoms with E-state index in [0.29, 0.717) is 18.3 Å². The van der Waals surface area contributed by atoms with Gasteiger partial charge in [-0.05, 0) is 36.3 Å². The van der Waals surface area contributed by atoms with Gasteiger partial charge in [-0.1, -0.05) is 6.07 Å². The average Bonchev–Trinajstić information content (AvgIpc) is 3.12. The van der Waals surface area contributed by atoms with E-state index < -0.39 is 0 Å². The van der Waals surface area contributed by atoms with Gasteiger partial charge in [-0.15, -0.1) is 11.3 Å². The van der Waals surface area contributed by atoms with Crippen LogP contribution in [0.4, 0.5) is 5.95 Å². The van der Waals surface area contributed by atoms with E-state index in [0.717, 1.165) is 44.0 Å². The summed E-state index contributed by atoms with van der Waals surface area (Å²) in [5.74, 6) is 1.34. The first-order valence-electron chi connectivity index (χ1n) is 8.67. The SMILES string of the molecule is O=C(Cc1cccs1)N1CC2(CC[C@H](CNc3ncccn3)CO2)C1. The van der Waals surface area contributed by atoms with Gasteiger partial charge in [-0.2, -0.15) is 0 Å². The number of hydrogen-bond donors (Lipinski definition) is 1. The summed E-state index contributed by atoms with van der Waals surface area (Å²) < 4.78 is 6.15. The lowest BCUT2D eigenvalue weighted by atomic mass is 9.82. The summed E-state index contributed by atoms with van der Waals surface area (Å²) in [6.07, 6.45) is 6.09. The summed E-state index contributed by atoms with van der Waals surface area (Å²) >= 11 is 1.64. The highest BCUT2D eigenvalue weighted by molar-refractivity contribution is 7.10. The number of rotatable bonds is 5. The molecule has 1 atom stereocenters. The first kappa shape index (κ1) is 16.5. The van der Waals surface area contributed by atoms with Crippen LogP contribution >= 0.6 is 11.3 Å². The van der Waals surface area contributed by atoms with E-state index in [-0.39, 0.29) is 11.5 Å². The lowest BCUT2D eigenvalue weighted by Crippen LogP contribution is -2.66. The number of thiophene rings is 1. The number of ether oxygens (including phenoxy) is 1. The molecular formula is C18H22N4O2S. The smallest absolute Gasteiger partial charge is 0.228 e. The van der Waals surface area contributed by atoms with Crippen molar-refractivity contribution in [1.29, 1.82) is 0 Å². The summed E-state index contributed by atoms with van der Waals surface area (Å²) in [6.45, 7) is 3.02. The van der Waals surface area contributed by atoms with Crippen molar-refractivity contribution in [3.05, 3.63) is 40.8 Å². The fraction of sp³-hybridized carbons (Fsp3) is 0.500. The van der Waals surface area contributed by atoms with Gasteiger partial charge in [0.25, 0.3) is 0 Å². The minimum absolute atomic E-state index is 0.106. The third-order valence-electron chi connectivity index (χ3n) is 4.96. The van der Waals surface area contributed by atoms with Gasteiger partial charge in [0.1, 0.15) is 5.60 Å². The summed E-state index contributed by atoms with van der Waals surface area (Å²) in [6, 6.07) is 5.81. The number of carbonyl (C=O) groups is 1. The highest BCUT2D eigenvalue weighted by Gasteiger charge is 2.48. The van der Waals surface area contributed by atoms with E-state index >= 15 is 0 Å². The predicted octanol–water partition coefficient (Wildman–Crippen LogP) is 2.20. The van der Waals surface area contributed by atoms with Crippen LogP contribution in [0.25, 0.3) is 0 Å². The molecule has 7 heteroatoms. The number of carbonyl (C=O) groups excluding carboxylic acids is 1. The Hall–Kier alpha value is -1.99. The molecule has 6 nitrogen and oxygen atoms in total. The molecule has 2 aliphatic heterocycles. The summed E-state index contributed by atoms with van der Waals surface area (Å²) in [4.78, 5) is 23.7. The van der Waals surface area contributed by atoms with Crippen molar-refractivity contribution in [3.8, 4) is 0 Å². The number of anilines is 1. The average molecular weight is 358 g/mol. The second-order valence-electron chi connectivity index (χ2n) is 6.86. The van der Waals surface area contributed by atoms with E-state index in [1.165, 1.54) is 0 Å². The highest BCUT2D eigenvalue weighted by atomic mass is 32.1. The van der Waals surface area contributed by atoms with Gasteiger partial charge in [0.2, 0.25) is 11.9 Å². The lowest BCUT2D eigenvalue weighted by molar-refractivity contribution is -0.187. The van der Waals surface area contributed by atoms with Crippen molar-refractivity contribution in [3.63, 3.8) is 0 Å². The number of likely N-dealkylation sites (tertiary alicyclic amines) is 1. The van der Waals surface area contributed by atoms with Gasteiger partial charge in [0.05, 0.1) is 26.1 Å². The summed E-state index contributed by atoms with van der Waals surface area (Å²) in [5, 5.41) is 5.28. The molecule has 0 saturated carbocycles. The molecule has 2 saturated heterocycles. The number of hydrogen-bond acceptors (Lipinski definition) is 6. The number of aromatic nitrogens is 2. The van der Waals surface area contributed by atoms with Crippen LogP contribution in [-0.4, -0.2) is 52.6 Å². The molecule has 0 bridgehead atoms. The Morgan fingerprint density at radius 3 is 2.88 bits per heavy atom. The molecule has 1 spiro atoms. The van der Waals surface area contributed by atoms with Crippen LogP contribution in [0.5, 0.6) is 0 Å². The number of nitrogens with zero attached hydrogens (tertiary/aromatic N) is 3. The Labute approximate surface area is 151 Å². The van der Waals surface area contributed by atoms with E-state index in [4.69, 9.17) is 4.74 Å². The van der Waals surface area contributed by atoms with Gasteiger partial charge >= 0.3 is 0 Å². The zero-order valence-corrected chi connectivity index (χ0v) is 14.9. The van der Waals surface area contributed by atoms with Gasteiger partial charge in [0.15, 0.2) is 0 Å². The molecule has 2 aromatic heterocycles. The second kappa shape index (κ2) is 7.09. The molecule has 2 fully saturated rings. The van der Waals surface area contributed by atoms with Crippen molar-refractivity contribution < 1.29 is 9.53 Å². The molecule has 1 N–H and O–H groups in total. The Morgan fingerprint density at radius 1 is 1.36 bits per heavy atom. The maximum Gasteiger partial charge on any atom is 0.228 e. The van der Waals surface area contributed by atoms with Crippen LogP contribution in [0.15, 0.2) is 36.0 Å². The molecule has 25 heavy (non-hydrogen) atoms. The quantitative estimate of drug-likeness (QED) is 0.887. The molecule has 0 unspecified atom stereocenters. The van der Waals surface area contributed by atoms with Gasteiger partial charge in [-0.3, -0.25) is 4.79 Å². The molecular weight excluding hydrogens is 336 g/mol. The van der Waals surface area contributed by atoms with Crippen molar-refractivity contribution in [2.75, 3.05) is 31.6 Å². The van der Waals surface area contributed by atoms with Crippen LogP contribution in [0.3, 0.4) is 0 Å². The summed E-state index contributed by atoms with van der Waals surface area (Å²) in [5.41, 5.74) is -0.106. The van der Waals surface area contributed by atoms with Crippen LogP contribution in [0.2, 0.25) is 0 Å². The zero-order valence-electron chi connectivity index (χ0n) is 14.1. The molecule has 4 rings (SSSR count). The Kier molecular flexibility index (Phi) is 4.67. The maximum absolute atomic E-state index is 12.3. The molecule has 2 aliphatic rings. The zero-order chi connectivity index (χ0) is 17.1. The van der Waals surface area contributed by atoms with Gasteiger partial charge in [0, 0.05) is 23.8 Å².